The normalized spacial score (nSPS) is 32.4. The van der Waals surface area contributed by atoms with Gasteiger partial charge in [-0.1, -0.05) is 105 Å². The van der Waals surface area contributed by atoms with E-state index >= 15 is 0 Å². The lowest BCUT2D eigenvalue weighted by atomic mass is 9.42. The lowest BCUT2D eigenvalue weighted by Crippen LogP contribution is -2.67. The molecule has 11 nitrogen and oxygen atoms in total. The van der Waals surface area contributed by atoms with Crippen LogP contribution in [0.15, 0.2) is 84.0 Å². The monoisotopic (exact) mass is 814 g/mol. The van der Waals surface area contributed by atoms with Gasteiger partial charge in [-0.3, -0.25) is 9.59 Å². The number of nitrogens with zero attached hydrogens (tertiary/aromatic N) is 3. The van der Waals surface area contributed by atoms with E-state index < -0.39 is 12.1 Å². The van der Waals surface area contributed by atoms with Gasteiger partial charge in [-0.05, 0) is 131 Å². The van der Waals surface area contributed by atoms with Crippen LogP contribution in [-0.2, 0) is 25.5 Å². The van der Waals surface area contributed by atoms with Gasteiger partial charge in [0.2, 0.25) is 5.91 Å². The molecule has 4 fully saturated rings. The minimum Gasteiger partial charge on any atom is -0.469 e. The second-order valence-corrected chi connectivity index (χ2v) is 19.2. The number of hydrogen-bond donors (Lipinski definition) is 3. The zero-order valence-electron chi connectivity index (χ0n) is 35.6. The van der Waals surface area contributed by atoms with Gasteiger partial charge >= 0.3 is 12.1 Å². The van der Waals surface area contributed by atoms with Crippen LogP contribution in [0.25, 0.3) is 21.6 Å². The number of amides is 2. The third-order valence-corrected chi connectivity index (χ3v) is 16.4. The fraction of sp³-hybridized carbons (Fsp3) is 0.571. The number of methoxy groups -OCH3 is 1. The molecule has 0 unspecified atom stereocenters. The second-order valence-electron chi connectivity index (χ2n) is 19.2. The van der Waals surface area contributed by atoms with Crippen LogP contribution in [0.3, 0.4) is 0 Å². The molecule has 3 aromatic rings. The quantitative estimate of drug-likeness (QED) is 0.0713. The highest BCUT2D eigenvalue weighted by Gasteiger charge is 2.66. The van der Waals surface area contributed by atoms with Gasteiger partial charge in [0.25, 0.3) is 0 Å². The Morgan fingerprint density at radius 1 is 0.917 bits per heavy atom. The summed E-state index contributed by atoms with van der Waals surface area (Å²) in [5.74, 6) is 1.10. The van der Waals surface area contributed by atoms with Gasteiger partial charge in [-0.25, -0.2) is 4.79 Å². The number of carbonyl (C=O) groups excluding carboxylic acids is 3. The van der Waals surface area contributed by atoms with E-state index in [2.05, 4.69) is 65.7 Å². The van der Waals surface area contributed by atoms with E-state index in [0.29, 0.717) is 25.2 Å². The molecule has 0 radical (unpaired) electrons. The van der Waals surface area contributed by atoms with Gasteiger partial charge in [-0.2, -0.15) is 0 Å². The minimum atomic E-state index is -0.879. The zero-order valence-corrected chi connectivity index (χ0v) is 35.6. The first-order valence-electron chi connectivity index (χ1n) is 22.3. The smallest absolute Gasteiger partial charge is 0.407 e. The molecule has 60 heavy (non-hydrogen) atoms. The van der Waals surface area contributed by atoms with Crippen molar-refractivity contribution in [3.8, 4) is 11.1 Å². The fourth-order valence-electron chi connectivity index (χ4n) is 13.4. The molecule has 12 atom stereocenters. The number of carbonyl (C=O) groups is 3. The topological polar surface area (TPSA) is 169 Å². The predicted molar refractivity (Wildman–Crippen MR) is 231 cm³/mol. The van der Waals surface area contributed by atoms with Crippen molar-refractivity contribution in [2.75, 3.05) is 13.7 Å². The molecule has 0 aliphatic heterocycles. The standard InChI is InChI=1S/C49H62N6O5/c1-29(18-21-44(56)59-4)38-19-20-39-45-40(48(2)23-22-32(54-55-51)25-31(48)26-41(45)50)27-43(49(38,39)3)53-46(57)42(24-30-12-6-5-7-13-30)52-47(58)60-28-37-35-16-10-8-14-33(35)34-15-9-11-17-36(34)37/h5-17,29,31-32,37-43,45H,18-28,50H2,1-4H3,(H,52,58)(H,53,57)/t29-,31+,32-,38-,39+,40+,41-,42+,43+,45+,48+,49-/m1/s1. The van der Waals surface area contributed by atoms with Crippen molar-refractivity contribution in [2.45, 2.75) is 115 Å². The molecule has 5 aliphatic rings. The average molecular weight is 815 g/mol. The highest BCUT2D eigenvalue weighted by Crippen LogP contribution is 2.68. The molecule has 0 bridgehead atoms. The summed E-state index contributed by atoms with van der Waals surface area (Å²) >= 11 is 0. The Balaban J connectivity index is 1.07. The van der Waals surface area contributed by atoms with Gasteiger partial charge in [0, 0.05) is 41.8 Å². The van der Waals surface area contributed by atoms with Crippen molar-refractivity contribution < 1.29 is 23.9 Å². The number of azide groups is 1. The first-order chi connectivity index (χ1) is 29.0. The molecule has 3 aromatic carbocycles. The summed E-state index contributed by atoms with van der Waals surface area (Å²) in [5, 5.41) is 10.8. The molecular formula is C49H62N6O5. The largest absolute Gasteiger partial charge is 0.469 e. The number of esters is 1. The molecular weight excluding hydrogens is 753 g/mol. The van der Waals surface area contributed by atoms with Crippen molar-refractivity contribution in [1.29, 1.82) is 0 Å². The number of ether oxygens (including phenoxy) is 2. The van der Waals surface area contributed by atoms with E-state index in [1.807, 2.05) is 54.6 Å². The van der Waals surface area contributed by atoms with Crippen LogP contribution in [0.1, 0.15) is 101 Å². The Morgan fingerprint density at radius 3 is 2.28 bits per heavy atom. The van der Waals surface area contributed by atoms with E-state index in [4.69, 9.17) is 15.2 Å². The number of nitrogens with two attached hydrogens (primary N) is 1. The highest BCUT2D eigenvalue weighted by atomic mass is 16.5. The third kappa shape index (κ3) is 7.68. The molecule has 0 heterocycles. The highest BCUT2D eigenvalue weighted by molar-refractivity contribution is 5.86. The summed E-state index contributed by atoms with van der Waals surface area (Å²) in [7, 11) is 1.44. The van der Waals surface area contributed by atoms with E-state index in [9.17, 15) is 19.9 Å². The van der Waals surface area contributed by atoms with E-state index in [1.54, 1.807) is 0 Å². The molecule has 4 saturated carbocycles. The number of rotatable bonds is 12. The van der Waals surface area contributed by atoms with Crippen LogP contribution < -0.4 is 16.4 Å². The van der Waals surface area contributed by atoms with Crippen LogP contribution in [0.5, 0.6) is 0 Å². The fourth-order valence-corrected chi connectivity index (χ4v) is 13.4. The van der Waals surface area contributed by atoms with Crippen molar-refractivity contribution >= 4 is 18.0 Å². The van der Waals surface area contributed by atoms with Crippen LogP contribution in [0, 0.1) is 46.3 Å². The molecule has 11 heteroatoms. The van der Waals surface area contributed by atoms with Crippen molar-refractivity contribution in [3.63, 3.8) is 0 Å². The molecule has 318 valence electrons. The zero-order chi connectivity index (χ0) is 42.2. The Morgan fingerprint density at radius 2 is 1.60 bits per heavy atom. The molecule has 0 spiro atoms. The lowest BCUT2D eigenvalue weighted by Gasteiger charge is -2.65. The van der Waals surface area contributed by atoms with E-state index in [-0.39, 0.29) is 82.9 Å². The Labute approximate surface area is 354 Å². The Hall–Kier alpha value is -4.86. The maximum atomic E-state index is 15.0. The molecule has 8 rings (SSSR count). The van der Waals surface area contributed by atoms with Gasteiger partial charge in [0.1, 0.15) is 12.6 Å². The maximum absolute atomic E-state index is 15.0. The lowest BCUT2D eigenvalue weighted by molar-refractivity contribution is -0.147. The summed E-state index contributed by atoms with van der Waals surface area (Å²) in [6, 6.07) is 25.2. The summed E-state index contributed by atoms with van der Waals surface area (Å²) in [6.45, 7) is 7.20. The van der Waals surface area contributed by atoms with Gasteiger partial charge in [-0.15, -0.1) is 0 Å². The summed E-state index contributed by atoms with van der Waals surface area (Å²) in [4.78, 5) is 44.4. The molecule has 2 amide bonds. The number of nitrogens with one attached hydrogen (secondary N) is 2. The molecule has 4 N–H and O–H groups in total. The van der Waals surface area contributed by atoms with Crippen LogP contribution >= 0.6 is 0 Å². The SMILES string of the molecule is COC(=O)CC[C@@H](C)[C@H]1CC[C@H]2[C@@H]3[C@H](N)C[C@@H]4C[C@H](N=[N+]=[N-])CC[C@]4(C)[C@H]3C[C@H](NC(=O)[C@H](Cc3ccccc3)NC(=O)OCC3c4ccccc4-c4ccccc43)[C@]12C. The molecule has 5 aliphatic carbocycles. The minimum absolute atomic E-state index is 0.00376. The van der Waals surface area contributed by atoms with Gasteiger partial charge in [0.05, 0.1) is 7.11 Å². The molecule has 0 saturated heterocycles. The summed E-state index contributed by atoms with van der Waals surface area (Å²) in [6.07, 6.45) is 7.09. The number of alkyl carbamates (subject to hydrolysis) is 1. The van der Waals surface area contributed by atoms with Crippen molar-refractivity contribution in [3.05, 3.63) is 106 Å². The van der Waals surface area contributed by atoms with E-state index in [1.165, 1.54) is 7.11 Å². The Kier molecular flexibility index (Phi) is 12.0. The predicted octanol–water partition coefficient (Wildman–Crippen LogP) is 9.10. The van der Waals surface area contributed by atoms with Gasteiger partial charge < -0.3 is 25.8 Å². The van der Waals surface area contributed by atoms with Crippen LogP contribution in [0.2, 0.25) is 0 Å². The number of benzene rings is 3. The number of fused-ring (bicyclic) bond motifs is 8. The summed E-state index contributed by atoms with van der Waals surface area (Å²) < 4.78 is 11.0. The third-order valence-electron chi connectivity index (χ3n) is 16.4. The van der Waals surface area contributed by atoms with Crippen LogP contribution in [-0.4, -0.2) is 55.9 Å². The summed E-state index contributed by atoms with van der Waals surface area (Å²) in [5.41, 5.74) is 21.8. The Bertz CT molecular complexity index is 2060. The molecule has 0 aromatic heterocycles. The average Bonchev–Trinajstić information content (AvgIpc) is 3.78. The number of hydrogen-bond acceptors (Lipinski definition) is 7. The maximum Gasteiger partial charge on any atom is 0.407 e. The first-order valence-corrected chi connectivity index (χ1v) is 22.3. The first kappa shape index (κ1) is 41.9. The van der Waals surface area contributed by atoms with Crippen LogP contribution in [0.4, 0.5) is 4.79 Å². The van der Waals surface area contributed by atoms with Crippen molar-refractivity contribution in [2.24, 2.45) is 57.2 Å². The van der Waals surface area contributed by atoms with Gasteiger partial charge in [0.15, 0.2) is 0 Å². The van der Waals surface area contributed by atoms with Crippen molar-refractivity contribution in [1.82, 2.24) is 10.6 Å². The second kappa shape index (κ2) is 17.3. The van der Waals surface area contributed by atoms with E-state index in [0.717, 1.165) is 72.8 Å².